The van der Waals surface area contributed by atoms with Crippen LogP contribution in [0.1, 0.15) is 0 Å². The van der Waals surface area contributed by atoms with Crippen LogP contribution in [0.15, 0.2) is 57.6 Å². The maximum Gasteiger partial charge on any atom is 0.197 e. The van der Waals surface area contributed by atoms with Crippen molar-refractivity contribution < 1.29 is 32.9 Å². The smallest absolute Gasteiger partial charge is 0.197 e. The summed E-state index contributed by atoms with van der Waals surface area (Å²) in [4.78, 5) is 12.4. The van der Waals surface area contributed by atoms with E-state index in [0.717, 1.165) is 11.5 Å². The standard InChI is InChI=1S/C19H16O8S/c1-2-28(24,25)6-5-26-12-8-15(22)19-16(23)10-17(27-18(19)9-12)11-3-4-13(20)14(21)7-11/h2-4,7-10,20-22H,1,5-6H2. The molecular weight excluding hydrogens is 388 g/mol. The van der Waals surface area contributed by atoms with Gasteiger partial charge in [-0.3, -0.25) is 4.79 Å². The Morgan fingerprint density at radius 1 is 1.04 bits per heavy atom. The van der Waals surface area contributed by atoms with Crippen LogP contribution in [0, 0.1) is 0 Å². The van der Waals surface area contributed by atoms with E-state index in [9.17, 15) is 28.5 Å². The second-order valence-corrected chi connectivity index (χ2v) is 7.94. The molecule has 0 aliphatic rings. The molecule has 0 unspecified atom stereocenters. The summed E-state index contributed by atoms with van der Waals surface area (Å²) in [6.45, 7) is 3.02. The molecule has 1 aromatic heterocycles. The Bertz CT molecular complexity index is 1220. The number of aromatic hydroxyl groups is 3. The zero-order valence-corrected chi connectivity index (χ0v) is 15.3. The van der Waals surface area contributed by atoms with Crippen LogP contribution in [0.25, 0.3) is 22.3 Å². The van der Waals surface area contributed by atoms with E-state index in [-0.39, 0.29) is 52.1 Å². The van der Waals surface area contributed by atoms with Crippen molar-refractivity contribution in [3.8, 4) is 34.3 Å². The fourth-order valence-corrected chi connectivity index (χ4v) is 2.99. The average molecular weight is 404 g/mol. The predicted octanol–water partition coefficient (Wildman–Crippen LogP) is 2.51. The molecule has 8 nitrogen and oxygen atoms in total. The molecule has 0 radical (unpaired) electrons. The first-order valence-electron chi connectivity index (χ1n) is 8.01. The molecule has 0 aliphatic heterocycles. The van der Waals surface area contributed by atoms with Gasteiger partial charge in [-0.2, -0.15) is 0 Å². The normalized spacial score (nSPS) is 11.4. The topological polar surface area (TPSA) is 134 Å². The molecule has 146 valence electrons. The lowest BCUT2D eigenvalue weighted by molar-refractivity contribution is 0.339. The molecule has 0 atom stereocenters. The van der Waals surface area contributed by atoms with Gasteiger partial charge in [0, 0.05) is 29.2 Å². The SMILES string of the molecule is C=CS(=O)(=O)CCOc1cc(O)c2c(=O)cc(-c3ccc(O)c(O)c3)oc2c1. The minimum absolute atomic E-state index is 0.0108. The van der Waals surface area contributed by atoms with E-state index in [1.165, 1.54) is 30.3 Å². The second-order valence-electron chi connectivity index (χ2n) is 5.88. The number of rotatable bonds is 6. The number of hydrogen-bond donors (Lipinski definition) is 3. The van der Waals surface area contributed by atoms with Crippen molar-refractivity contribution >= 4 is 20.8 Å². The highest BCUT2D eigenvalue weighted by molar-refractivity contribution is 7.94. The van der Waals surface area contributed by atoms with Crippen LogP contribution in [-0.4, -0.2) is 36.1 Å². The van der Waals surface area contributed by atoms with Gasteiger partial charge in [0.05, 0.1) is 5.75 Å². The largest absolute Gasteiger partial charge is 0.507 e. The highest BCUT2D eigenvalue weighted by Crippen LogP contribution is 2.34. The fraction of sp³-hybridized carbons (Fsp3) is 0.105. The van der Waals surface area contributed by atoms with Gasteiger partial charge in [-0.05, 0) is 18.2 Å². The van der Waals surface area contributed by atoms with Gasteiger partial charge in [0.2, 0.25) is 0 Å². The Kier molecular flexibility index (Phi) is 5.02. The average Bonchev–Trinajstić information content (AvgIpc) is 2.63. The van der Waals surface area contributed by atoms with E-state index >= 15 is 0 Å². The van der Waals surface area contributed by atoms with Gasteiger partial charge in [0.25, 0.3) is 0 Å². The lowest BCUT2D eigenvalue weighted by Crippen LogP contribution is -2.11. The number of sulfone groups is 1. The molecule has 9 heteroatoms. The lowest BCUT2D eigenvalue weighted by atomic mass is 10.1. The molecule has 1 heterocycles. The highest BCUT2D eigenvalue weighted by atomic mass is 32.2. The Morgan fingerprint density at radius 2 is 1.79 bits per heavy atom. The Hall–Kier alpha value is -3.46. The summed E-state index contributed by atoms with van der Waals surface area (Å²) in [5.41, 5.74) is -0.184. The number of hydrogen-bond acceptors (Lipinski definition) is 8. The van der Waals surface area contributed by atoms with Crippen molar-refractivity contribution in [2.75, 3.05) is 12.4 Å². The quantitative estimate of drug-likeness (QED) is 0.534. The summed E-state index contributed by atoms with van der Waals surface area (Å²) in [5, 5.41) is 29.9. The number of phenols is 3. The van der Waals surface area contributed by atoms with E-state index in [0.29, 0.717) is 5.56 Å². The van der Waals surface area contributed by atoms with Gasteiger partial charge in [-0.15, -0.1) is 0 Å². The van der Waals surface area contributed by atoms with Crippen LogP contribution in [-0.2, 0) is 9.84 Å². The number of ether oxygens (including phenoxy) is 1. The number of benzene rings is 2. The number of phenolic OH excluding ortho intramolecular Hbond substituents is 3. The van der Waals surface area contributed by atoms with Crippen molar-refractivity contribution in [3.63, 3.8) is 0 Å². The third-order valence-corrected chi connectivity index (χ3v) is 5.18. The van der Waals surface area contributed by atoms with Crippen LogP contribution in [0.4, 0.5) is 0 Å². The molecule has 0 saturated heterocycles. The van der Waals surface area contributed by atoms with Crippen molar-refractivity contribution in [1.29, 1.82) is 0 Å². The summed E-state index contributed by atoms with van der Waals surface area (Å²) >= 11 is 0. The minimum Gasteiger partial charge on any atom is -0.507 e. The third-order valence-electron chi connectivity index (χ3n) is 3.93. The molecular formula is C19H16O8S. The van der Waals surface area contributed by atoms with Gasteiger partial charge in [0.15, 0.2) is 26.8 Å². The third kappa shape index (κ3) is 3.94. The molecule has 28 heavy (non-hydrogen) atoms. The zero-order chi connectivity index (χ0) is 20.5. The van der Waals surface area contributed by atoms with E-state index in [1.807, 2.05) is 0 Å². The molecule has 0 fully saturated rings. The van der Waals surface area contributed by atoms with Crippen LogP contribution >= 0.6 is 0 Å². The maximum atomic E-state index is 12.4. The molecule has 3 N–H and O–H groups in total. The first-order valence-corrected chi connectivity index (χ1v) is 9.73. The molecule has 2 aromatic carbocycles. The molecule has 0 spiro atoms. The molecule has 0 amide bonds. The predicted molar refractivity (Wildman–Crippen MR) is 102 cm³/mol. The molecule has 3 rings (SSSR count). The van der Waals surface area contributed by atoms with Crippen molar-refractivity contribution in [1.82, 2.24) is 0 Å². The van der Waals surface area contributed by atoms with Gasteiger partial charge in [0.1, 0.15) is 34.8 Å². The Labute approximate surface area is 159 Å². The van der Waals surface area contributed by atoms with Gasteiger partial charge < -0.3 is 24.5 Å². The van der Waals surface area contributed by atoms with E-state index in [4.69, 9.17) is 9.15 Å². The van der Waals surface area contributed by atoms with Crippen molar-refractivity contribution in [2.45, 2.75) is 0 Å². The van der Waals surface area contributed by atoms with Crippen LogP contribution in [0.3, 0.4) is 0 Å². The highest BCUT2D eigenvalue weighted by Gasteiger charge is 2.14. The maximum absolute atomic E-state index is 12.4. The van der Waals surface area contributed by atoms with Gasteiger partial charge in [-0.25, -0.2) is 8.42 Å². The number of fused-ring (bicyclic) bond motifs is 1. The van der Waals surface area contributed by atoms with Crippen molar-refractivity contribution in [3.05, 3.63) is 58.6 Å². The van der Waals surface area contributed by atoms with Crippen LogP contribution in [0.5, 0.6) is 23.0 Å². The fourth-order valence-electron chi connectivity index (χ4n) is 2.50. The Morgan fingerprint density at radius 3 is 2.46 bits per heavy atom. The van der Waals surface area contributed by atoms with Crippen molar-refractivity contribution in [2.24, 2.45) is 0 Å². The molecule has 0 aliphatic carbocycles. The summed E-state index contributed by atoms with van der Waals surface area (Å²) in [7, 11) is -3.44. The monoisotopic (exact) mass is 404 g/mol. The van der Waals surface area contributed by atoms with E-state index in [1.54, 1.807) is 0 Å². The zero-order valence-electron chi connectivity index (χ0n) is 14.5. The summed E-state index contributed by atoms with van der Waals surface area (Å²) < 4.78 is 33.8. The molecule has 3 aromatic rings. The van der Waals surface area contributed by atoms with E-state index < -0.39 is 15.3 Å². The van der Waals surface area contributed by atoms with E-state index in [2.05, 4.69) is 6.58 Å². The summed E-state index contributed by atoms with van der Waals surface area (Å²) in [6, 6.07) is 7.59. The lowest BCUT2D eigenvalue weighted by Gasteiger charge is -2.09. The molecule has 0 saturated carbocycles. The van der Waals surface area contributed by atoms with Gasteiger partial charge in [-0.1, -0.05) is 6.58 Å². The first-order chi connectivity index (χ1) is 13.2. The first kappa shape index (κ1) is 19.3. The minimum atomic E-state index is -3.44. The summed E-state index contributed by atoms with van der Waals surface area (Å²) in [6.07, 6.45) is 0. The second kappa shape index (κ2) is 7.28. The van der Waals surface area contributed by atoms with Crippen LogP contribution in [0.2, 0.25) is 0 Å². The van der Waals surface area contributed by atoms with Crippen LogP contribution < -0.4 is 10.2 Å². The summed E-state index contributed by atoms with van der Waals surface area (Å²) in [5.74, 6) is -1.19. The Balaban J connectivity index is 2.00. The molecule has 0 bridgehead atoms. The van der Waals surface area contributed by atoms with Gasteiger partial charge >= 0.3 is 0 Å².